The van der Waals surface area contributed by atoms with Crippen molar-refractivity contribution < 1.29 is 19.8 Å². The van der Waals surface area contributed by atoms with Gasteiger partial charge in [0, 0.05) is 17.9 Å². The van der Waals surface area contributed by atoms with Crippen molar-refractivity contribution in [1.29, 1.82) is 0 Å². The van der Waals surface area contributed by atoms with Crippen LogP contribution < -0.4 is 0 Å². The third-order valence-electron chi connectivity index (χ3n) is 3.33. The van der Waals surface area contributed by atoms with Crippen LogP contribution in [0.15, 0.2) is 29.2 Å². The molecule has 0 unspecified atom stereocenters. The number of thioether (sulfide) groups is 1. The van der Waals surface area contributed by atoms with Gasteiger partial charge in [0.05, 0.1) is 11.9 Å². The van der Waals surface area contributed by atoms with E-state index in [0.717, 1.165) is 10.5 Å². The highest BCUT2D eigenvalue weighted by Gasteiger charge is 2.38. The lowest BCUT2D eigenvalue weighted by molar-refractivity contribution is -0.147. The summed E-state index contributed by atoms with van der Waals surface area (Å²) in [6.45, 7) is 2.07. The van der Waals surface area contributed by atoms with Crippen molar-refractivity contribution in [2.75, 3.05) is 12.3 Å². The van der Waals surface area contributed by atoms with Crippen molar-refractivity contribution >= 4 is 23.6 Å². The van der Waals surface area contributed by atoms with Gasteiger partial charge < -0.3 is 15.1 Å². The molecule has 2 rings (SSSR count). The second kappa shape index (κ2) is 6.28. The largest absolute Gasteiger partial charge is 0.480 e. The molecule has 108 valence electrons. The van der Waals surface area contributed by atoms with E-state index in [4.69, 9.17) is 5.11 Å². The second-order valence-corrected chi connectivity index (χ2v) is 5.86. The number of aryl methyl sites for hydroxylation is 1. The standard InChI is InChI=1S/C14H17NO4S/c1-9-4-2-3-5-12(9)20-8-13(17)15-7-10(16)6-11(15)14(18)19/h2-5,10-11,16H,6-8H2,1H3,(H,18,19)/t10-,11-/m1/s1. The summed E-state index contributed by atoms with van der Waals surface area (Å²) >= 11 is 1.39. The monoisotopic (exact) mass is 295 g/mol. The summed E-state index contributed by atoms with van der Waals surface area (Å²) in [4.78, 5) is 25.5. The zero-order valence-corrected chi connectivity index (χ0v) is 12.0. The van der Waals surface area contributed by atoms with Crippen LogP contribution in [0.2, 0.25) is 0 Å². The summed E-state index contributed by atoms with van der Waals surface area (Å²) in [5.74, 6) is -1.13. The van der Waals surface area contributed by atoms with Gasteiger partial charge in [-0.05, 0) is 18.6 Å². The predicted molar refractivity (Wildman–Crippen MR) is 75.7 cm³/mol. The van der Waals surface area contributed by atoms with Gasteiger partial charge >= 0.3 is 5.97 Å². The van der Waals surface area contributed by atoms with Crippen molar-refractivity contribution in [2.45, 2.75) is 30.4 Å². The number of carbonyl (C=O) groups is 2. The van der Waals surface area contributed by atoms with E-state index in [1.165, 1.54) is 16.7 Å². The van der Waals surface area contributed by atoms with Crippen LogP contribution in [0.5, 0.6) is 0 Å². The van der Waals surface area contributed by atoms with Crippen LogP contribution in [0.3, 0.4) is 0 Å². The number of likely N-dealkylation sites (tertiary alicyclic amines) is 1. The lowest BCUT2D eigenvalue weighted by Gasteiger charge is -2.21. The number of nitrogens with zero attached hydrogens (tertiary/aromatic N) is 1. The van der Waals surface area contributed by atoms with Crippen molar-refractivity contribution in [3.63, 3.8) is 0 Å². The Morgan fingerprint density at radius 1 is 1.40 bits per heavy atom. The number of aliphatic hydroxyl groups excluding tert-OH is 1. The second-order valence-electron chi connectivity index (χ2n) is 4.84. The highest BCUT2D eigenvalue weighted by Crippen LogP contribution is 2.24. The molecule has 0 spiro atoms. The first kappa shape index (κ1) is 14.9. The Bertz CT molecular complexity index is 520. The molecule has 1 amide bonds. The van der Waals surface area contributed by atoms with E-state index < -0.39 is 18.1 Å². The van der Waals surface area contributed by atoms with Crippen LogP contribution in [0, 0.1) is 6.92 Å². The van der Waals surface area contributed by atoms with Crippen LogP contribution >= 0.6 is 11.8 Å². The van der Waals surface area contributed by atoms with Crippen LogP contribution in [0.4, 0.5) is 0 Å². The summed E-state index contributed by atoms with van der Waals surface area (Å²) in [7, 11) is 0. The summed E-state index contributed by atoms with van der Waals surface area (Å²) in [5, 5.41) is 18.6. The number of hydrogen-bond acceptors (Lipinski definition) is 4. The molecular weight excluding hydrogens is 278 g/mol. The lowest BCUT2D eigenvalue weighted by Crippen LogP contribution is -2.41. The van der Waals surface area contributed by atoms with Gasteiger partial charge in [-0.15, -0.1) is 11.8 Å². The molecular formula is C14H17NO4S. The third kappa shape index (κ3) is 3.32. The van der Waals surface area contributed by atoms with Crippen LogP contribution in [-0.2, 0) is 9.59 Å². The molecule has 20 heavy (non-hydrogen) atoms. The van der Waals surface area contributed by atoms with Gasteiger partial charge in [-0.25, -0.2) is 4.79 Å². The molecule has 0 aliphatic carbocycles. The molecule has 0 aromatic heterocycles. The number of hydrogen-bond donors (Lipinski definition) is 2. The molecule has 1 fully saturated rings. The molecule has 1 aromatic carbocycles. The third-order valence-corrected chi connectivity index (χ3v) is 4.49. The number of rotatable bonds is 4. The van der Waals surface area contributed by atoms with Crippen LogP contribution in [0.25, 0.3) is 0 Å². The summed E-state index contributed by atoms with van der Waals surface area (Å²) < 4.78 is 0. The number of aliphatic carboxylic acids is 1. The van der Waals surface area contributed by atoms with Gasteiger partial charge in [0.15, 0.2) is 0 Å². The molecule has 1 saturated heterocycles. The minimum Gasteiger partial charge on any atom is -0.480 e. The van der Waals surface area contributed by atoms with E-state index in [2.05, 4.69) is 0 Å². The Morgan fingerprint density at radius 2 is 2.10 bits per heavy atom. The average Bonchev–Trinajstić information content (AvgIpc) is 2.80. The topological polar surface area (TPSA) is 77.8 Å². The van der Waals surface area contributed by atoms with E-state index >= 15 is 0 Å². The summed E-state index contributed by atoms with van der Waals surface area (Å²) in [5.41, 5.74) is 1.08. The molecule has 1 aliphatic rings. The lowest BCUT2D eigenvalue weighted by atomic mass is 10.2. The SMILES string of the molecule is Cc1ccccc1SCC(=O)N1C[C@H](O)C[C@@H]1C(=O)O. The minimum absolute atomic E-state index is 0.101. The summed E-state index contributed by atoms with van der Waals surface area (Å²) in [6.07, 6.45) is -0.640. The fourth-order valence-electron chi connectivity index (χ4n) is 2.26. The normalized spacial score (nSPS) is 22.0. The number of carboxylic acid groups (broad SMARTS) is 1. The van der Waals surface area contributed by atoms with Gasteiger partial charge in [0.1, 0.15) is 6.04 Å². The number of amides is 1. The highest BCUT2D eigenvalue weighted by molar-refractivity contribution is 8.00. The molecule has 1 aromatic rings. The maximum Gasteiger partial charge on any atom is 0.326 e. The Balaban J connectivity index is 1.98. The predicted octanol–water partition coefficient (Wildman–Crippen LogP) is 1.13. The van der Waals surface area contributed by atoms with Crippen molar-refractivity contribution in [3.8, 4) is 0 Å². The Morgan fingerprint density at radius 3 is 2.75 bits per heavy atom. The van der Waals surface area contributed by atoms with Crippen molar-refractivity contribution in [3.05, 3.63) is 29.8 Å². The van der Waals surface area contributed by atoms with Gasteiger partial charge in [-0.2, -0.15) is 0 Å². The average molecular weight is 295 g/mol. The van der Waals surface area contributed by atoms with E-state index in [-0.39, 0.29) is 24.6 Å². The number of carboxylic acids is 1. The molecule has 1 heterocycles. The van der Waals surface area contributed by atoms with Crippen molar-refractivity contribution in [2.24, 2.45) is 0 Å². The first-order chi connectivity index (χ1) is 9.49. The van der Waals surface area contributed by atoms with Crippen molar-refractivity contribution in [1.82, 2.24) is 4.90 Å². The maximum atomic E-state index is 12.1. The number of β-amino-alcohol motifs (C(OH)–C–C–N with tert-alkyl or cyclic N) is 1. The Labute approximate surface area is 121 Å². The zero-order chi connectivity index (χ0) is 14.7. The number of benzene rings is 1. The Kier molecular flexibility index (Phi) is 4.67. The van der Waals surface area contributed by atoms with E-state index in [1.54, 1.807) is 0 Å². The Hall–Kier alpha value is -1.53. The number of aliphatic hydroxyl groups is 1. The molecule has 2 atom stereocenters. The molecule has 2 N–H and O–H groups in total. The van der Waals surface area contributed by atoms with E-state index in [1.807, 2.05) is 31.2 Å². The quantitative estimate of drug-likeness (QED) is 0.814. The van der Waals surface area contributed by atoms with Gasteiger partial charge in [0.25, 0.3) is 0 Å². The molecule has 0 saturated carbocycles. The minimum atomic E-state index is -1.06. The highest BCUT2D eigenvalue weighted by atomic mass is 32.2. The van der Waals surface area contributed by atoms with E-state index in [9.17, 15) is 14.7 Å². The van der Waals surface area contributed by atoms with Gasteiger partial charge in [0.2, 0.25) is 5.91 Å². The maximum absolute atomic E-state index is 12.1. The zero-order valence-electron chi connectivity index (χ0n) is 11.2. The van der Waals surface area contributed by atoms with Crippen LogP contribution in [-0.4, -0.2) is 51.4 Å². The molecule has 6 heteroatoms. The number of carbonyl (C=O) groups excluding carboxylic acids is 1. The fourth-order valence-corrected chi connectivity index (χ4v) is 3.18. The van der Waals surface area contributed by atoms with E-state index in [0.29, 0.717) is 0 Å². The van der Waals surface area contributed by atoms with Crippen LogP contribution in [0.1, 0.15) is 12.0 Å². The smallest absolute Gasteiger partial charge is 0.326 e. The molecule has 0 radical (unpaired) electrons. The molecule has 1 aliphatic heterocycles. The molecule has 0 bridgehead atoms. The summed E-state index contributed by atoms with van der Waals surface area (Å²) in [6, 6.07) is 6.82. The first-order valence-electron chi connectivity index (χ1n) is 6.38. The van der Waals surface area contributed by atoms with Gasteiger partial charge in [-0.1, -0.05) is 18.2 Å². The first-order valence-corrected chi connectivity index (χ1v) is 7.36. The fraction of sp³-hybridized carbons (Fsp3) is 0.429. The molecule has 5 nitrogen and oxygen atoms in total. The van der Waals surface area contributed by atoms with Gasteiger partial charge in [-0.3, -0.25) is 4.79 Å².